The van der Waals surface area contributed by atoms with Crippen LogP contribution >= 0.6 is 0 Å². The third kappa shape index (κ3) is 2.91. The van der Waals surface area contributed by atoms with Crippen molar-refractivity contribution in [1.29, 1.82) is 0 Å². The normalized spacial score (nSPS) is 17.7. The summed E-state index contributed by atoms with van der Waals surface area (Å²) in [5.74, 6) is 0.121. The molecule has 1 fully saturated rings. The highest BCUT2D eigenvalue weighted by atomic mass is 16.1. The summed E-state index contributed by atoms with van der Waals surface area (Å²) < 4.78 is 0. The number of unbranched alkanes of at least 4 members (excludes halogenated alkanes) is 1. The lowest BCUT2D eigenvalue weighted by Crippen LogP contribution is -2.17. The lowest BCUT2D eigenvalue weighted by atomic mass is 10.0. The maximum Gasteiger partial charge on any atom is 0.228 e. The highest BCUT2D eigenvalue weighted by molar-refractivity contribution is 5.99. The van der Waals surface area contributed by atoms with Crippen molar-refractivity contribution in [3.63, 3.8) is 0 Å². The van der Waals surface area contributed by atoms with Gasteiger partial charge in [0.15, 0.2) is 0 Å². The SMILES string of the molecule is O=C1Cc2cc(CCCCNC3CC3)ccc2N1. The van der Waals surface area contributed by atoms with Crippen LogP contribution in [0.5, 0.6) is 0 Å². The Morgan fingerprint density at radius 1 is 1.28 bits per heavy atom. The molecule has 1 aliphatic carbocycles. The molecule has 3 nitrogen and oxygen atoms in total. The Bertz CT molecular complexity index is 452. The number of carbonyl (C=O) groups excluding carboxylic acids is 1. The van der Waals surface area contributed by atoms with E-state index in [0.29, 0.717) is 6.42 Å². The van der Waals surface area contributed by atoms with E-state index in [2.05, 4.69) is 22.8 Å². The van der Waals surface area contributed by atoms with E-state index >= 15 is 0 Å². The molecule has 0 radical (unpaired) electrons. The fraction of sp³-hybridized carbons (Fsp3) is 0.533. The van der Waals surface area contributed by atoms with E-state index in [1.807, 2.05) is 6.07 Å². The second-order valence-electron chi connectivity index (χ2n) is 5.40. The molecule has 0 saturated heterocycles. The lowest BCUT2D eigenvalue weighted by molar-refractivity contribution is -0.115. The molecule has 96 valence electrons. The van der Waals surface area contributed by atoms with Crippen molar-refractivity contribution in [2.45, 2.75) is 44.6 Å². The maximum absolute atomic E-state index is 11.3. The molecule has 1 aromatic rings. The van der Waals surface area contributed by atoms with E-state index in [1.165, 1.54) is 31.2 Å². The fourth-order valence-corrected chi connectivity index (χ4v) is 2.49. The first-order valence-corrected chi connectivity index (χ1v) is 6.96. The number of fused-ring (bicyclic) bond motifs is 1. The molecule has 1 heterocycles. The number of aryl methyl sites for hydroxylation is 1. The highest BCUT2D eigenvalue weighted by Crippen LogP contribution is 2.24. The van der Waals surface area contributed by atoms with E-state index in [4.69, 9.17) is 0 Å². The zero-order valence-electron chi connectivity index (χ0n) is 10.7. The number of nitrogens with one attached hydrogen (secondary N) is 2. The van der Waals surface area contributed by atoms with Crippen molar-refractivity contribution in [2.24, 2.45) is 0 Å². The molecule has 0 unspecified atom stereocenters. The average Bonchev–Trinajstić information content (AvgIpc) is 3.09. The van der Waals surface area contributed by atoms with Crippen LogP contribution in [0.3, 0.4) is 0 Å². The van der Waals surface area contributed by atoms with Crippen LogP contribution in [-0.4, -0.2) is 18.5 Å². The number of anilines is 1. The molecular formula is C15H20N2O. The van der Waals surface area contributed by atoms with Gasteiger partial charge >= 0.3 is 0 Å². The Balaban J connectivity index is 1.44. The molecule has 0 aromatic heterocycles. The van der Waals surface area contributed by atoms with E-state index in [9.17, 15) is 4.79 Å². The van der Waals surface area contributed by atoms with Crippen LogP contribution < -0.4 is 10.6 Å². The standard InChI is InChI=1S/C15H20N2O/c18-15-10-12-9-11(4-7-14(12)17-15)3-1-2-8-16-13-5-6-13/h4,7,9,13,16H,1-3,5-6,8,10H2,(H,17,18). The second-order valence-corrected chi connectivity index (χ2v) is 5.40. The molecule has 2 N–H and O–H groups in total. The van der Waals surface area contributed by atoms with E-state index in [0.717, 1.165) is 30.3 Å². The van der Waals surface area contributed by atoms with Crippen LogP contribution in [-0.2, 0) is 17.6 Å². The minimum atomic E-state index is 0.121. The van der Waals surface area contributed by atoms with Crippen LogP contribution in [0.1, 0.15) is 36.8 Å². The minimum absolute atomic E-state index is 0.121. The summed E-state index contributed by atoms with van der Waals surface area (Å²) in [6, 6.07) is 7.18. The predicted molar refractivity (Wildman–Crippen MR) is 72.7 cm³/mol. The van der Waals surface area contributed by atoms with Gasteiger partial charge in [-0.05, 0) is 55.8 Å². The highest BCUT2D eigenvalue weighted by Gasteiger charge is 2.19. The molecule has 0 spiro atoms. The van der Waals surface area contributed by atoms with Crippen molar-refractivity contribution in [2.75, 3.05) is 11.9 Å². The summed E-state index contributed by atoms with van der Waals surface area (Å²) in [6.07, 6.45) is 6.86. The summed E-state index contributed by atoms with van der Waals surface area (Å²) in [7, 11) is 0. The van der Waals surface area contributed by atoms with Crippen LogP contribution in [0.15, 0.2) is 18.2 Å². The maximum atomic E-state index is 11.3. The minimum Gasteiger partial charge on any atom is -0.326 e. The molecule has 1 aromatic carbocycles. The first-order valence-electron chi connectivity index (χ1n) is 6.96. The molecule has 1 aliphatic heterocycles. The first-order chi connectivity index (χ1) is 8.81. The van der Waals surface area contributed by atoms with Crippen molar-refractivity contribution < 1.29 is 4.79 Å². The Kier molecular flexibility index (Phi) is 3.33. The Morgan fingerprint density at radius 3 is 3.00 bits per heavy atom. The molecule has 0 bridgehead atoms. The second kappa shape index (κ2) is 5.11. The van der Waals surface area contributed by atoms with Gasteiger partial charge < -0.3 is 10.6 Å². The number of rotatable bonds is 6. The average molecular weight is 244 g/mol. The van der Waals surface area contributed by atoms with Gasteiger partial charge in [-0.3, -0.25) is 4.79 Å². The molecule has 3 rings (SSSR count). The van der Waals surface area contributed by atoms with Gasteiger partial charge in [-0.2, -0.15) is 0 Å². The fourth-order valence-electron chi connectivity index (χ4n) is 2.49. The van der Waals surface area contributed by atoms with E-state index < -0.39 is 0 Å². The summed E-state index contributed by atoms with van der Waals surface area (Å²) in [4.78, 5) is 11.3. The van der Waals surface area contributed by atoms with Crippen LogP contribution in [0, 0.1) is 0 Å². The number of benzene rings is 1. The zero-order chi connectivity index (χ0) is 12.4. The van der Waals surface area contributed by atoms with Gasteiger partial charge in [0.2, 0.25) is 5.91 Å². The number of amides is 1. The Labute approximate surface area is 108 Å². The van der Waals surface area contributed by atoms with Gasteiger partial charge in [-0.25, -0.2) is 0 Å². The van der Waals surface area contributed by atoms with Crippen molar-refractivity contribution >= 4 is 11.6 Å². The molecule has 1 amide bonds. The third-order valence-corrected chi connectivity index (χ3v) is 3.70. The predicted octanol–water partition coefficient (Wildman–Crippen LogP) is 2.26. The summed E-state index contributed by atoms with van der Waals surface area (Å²) in [5.41, 5.74) is 3.52. The molecule has 18 heavy (non-hydrogen) atoms. The summed E-state index contributed by atoms with van der Waals surface area (Å²) >= 11 is 0. The summed E-state index contributed by atoms with van der Waals surface area (Å²) in [6.45, 7) is 1.15. The van der Waals surface area contributed by atoms with Gasteiger partial charge in [-0.15, -0.1) is 0 Å². The molecule has 2 aliphatic rings. The van der Waals surface area contributed by atoms with Crippen molar-refractivity contribution in [3.05, 3.63) is 29.3 Å². The van der Waals surface area contributed by atoms with Crippen molar-refractivity contribution in [3.8, 4) is 0 Å². The Morgan fingerprint density at radius 2 is 2.17 bits per heavy atom. The van der Waals surface area contributed by atoms with Gasteiger partial charge in [0.25, 0.3) is 0 Å². The molecular weight excluding hydrogens is 224 g/mol. The number of hydrogen-bond donors (Lipinski definition) is 2. The summed E-state index contributed by atoms with van der Waals surface area (Å²) in [5, 5.41) is 6.41. The van der Waals surface area contributed by atoms with Crippen LogP contribution in [0.2, 0.25) is 0 Å². The monoisotopic (exact) mass is 244 g/mol. The Hall–Kier alpha value is -1.35. The quantitative estimate of drug-likeness (QED) is 0.754. The number of hydrogen-bond acceptors (Lipinski definition) is 2. The van der Waals surface area contributed by atoms with Gasteiger partial charge in [0, 0.05) is 11.7 Å². The van der Waals surface area contributed by atoms with Crippen molar-refractivity contribution in [1.82, 2.24) is 5.32 Å². The van der Waals surface area contributed by atoms with Crippen LogP contribution in [0.4, 0.5) is 5.69 Å². The molecule has 0 atom stereocenters. The van der Waals surface area contributed by atoms with Gasteiger partial charge in [-0.1, -0.05) is 12.1 Å². The first kappa shape index (κ1) is 11.7. The number of carbonyl (C=O) groups is 1. The van der Waals surface area contributed by atoms with E-state index in [1.54, 1.807) is 0 Å². The smallest absolute Gasteiger partial charge is 0.228 e. The topological polar surface area (TPSA) is 41.1 Å². The van der Waals surface area contributed by atoms with Crippen LogP contribution in [0.25, 0.3) is 0 Å². The van der Waals surface area contributed by atoms with Gasteiger partial charge in [0.05, 0.1) is 6.42 Å². The van der Waals surface area contributed by atoms with Gasteiger partial charge in [0.1, 0.15) is 0 Å². The molecule has 3 heteroatoms. The lowest BCUT2D eigenvalue weighted by Gasteiger charge is -2.05. The largest absolute Gasteiger partial charge is 0.326 e. The third-order valence-electron chi connectivity index (χ3n) is 3.70. The van der Waals surface area contributed by atoms with E-state index in [-0.39, 0.29) is 5.91 Å². The molecule has 1 saturated carbocycles. The zero-order valence-corrected chi connectivity index (χ0v) is 10.7.